The van der Waals surface area contributed by atoms with Crippen molar-refractivity contribution in [1.82, 2.24) is 0 Å². The summed E-state index contributed by atoms with van der Waals surface area (Å²) in [6.07, 6.45) is 15.8. The van der Waals surface area contributed by atoms with Crippen molar-refractivity contribution in [2.24, 2.45) is 0 Å². The second-order valence-electron chi connectivity index (χ2n) is 8.43. The molecule has 0 atom stereocenters. The minimum Gasteiger partial charge on any atom is -0.872 e. The summed E-state index contributed by atoms with van der Waals surface area (Å²) in [6.45, 7) is 2.25. The quantitative estimate of drug-likeness (QED) is 0.213. The van der Waals surface area contributed by atoms with Crippen molar-refractivity contribution >= 4 is 10.1 Å². The number of unbranched alkanes of at least 4 members (excludes halogenated alkanes) is 11. The number of para-hydroxylation sites is 1. The Morgan fingerprint density at radius 1 is 0.818 bits per heavy atom. The van der Waals surface area contributed by atoms with E-state index in [1.807, 2.05) is 0 Å². The van der Waals surface area contributed by atoms with E-state index in [0.29, 0.717) is 17.7 Å². The first-order valence-corrected chi connectivity index (χ1v) is 13.4. The summed E-state index contributed by atoms with van der Waals surface area (Å²) in [7, 11) is -4.39. The molecule has 0 bridgehead atoms. The van der Waals surface area contributed by atoms with Gasteiger partial charge >= 0.3 is 51.4 Å². The number of benzene rings is 2. The molecule has 5 nitrogen and oxygen atoms in total. The third-order valence-corrected chi connectivity index (χ3v) is 6.58. The van der Waals surface area contributed by atoms with Crippen LogP contribution < -0.4 is 61.2 Å². The fourth-order valence-electron chi connectivity index (χ4n) is 3.85. The van der Waals surface area contributed by atoms with Crippen LogP contribution in [0.1, 0.15) is 89.5 Å². The van der Waals surface area contributed by atoms with E-state index in [1.54, 1.807) is 12.1 Å². The smallest absolute Gasteiger partial charge is 0.872 e. The Bertz CT molecular complexity index is 915. The summed E-state index contributed by atoms with van der Waals surface area (Å²) in [6, 6.07) is 10.5. The van der Waals surface area contributed by atoms with E-state index in [9.17, 15) is 18.1 Å². The Kier molecular flexibility index (Phi) is 15.9. The number of aryl methyl sites for hydroxylation is 1. The van der Waals surface area contributed by atoms with Gasteiger partial charge in [0.1, 0.15) is 16.4 Å². The van der Waals surface area contributed by atoms with Gasteiger partial charge in [0.25, 0.3) is 10.1 Å². The van der Waals surface area contributed by atoms with E-state index in [4.69, 9.17) is 4.74 Å². The number of hydrogen-bond donors (Lipinski definition) is 1. The topological polar surface area (TPSA) is 86.7 Å². The molecule has 0 saturated heterocycles. The maximum absolute atomic E-state index is 12.2. The molecule has 0 aliphatic carbocycles. The molecule has 2 aromatic rings. The van der Waals surface area contributed by atoms with Crippen LogP contribution in [0.25, 0.3) is 0 Å². The fraction of sp³-hybridized carbons (Fsp3) is 0.538. The van der Waals surface area contributed by atoms with Crippen molar-refractivity contribution in [1.29, 1.82) is 0 Å². The molecule has 0 heterocycles. The molecule has 0 amide bonds. The predicted octanol–water partition coefficient (Wildman–Crippen LogP) is 4.05. The summed E-state index contributed by atoms with van der Waals surface area (Å²) in [5.41, 5.74) is 0.666. The Labute approximate surface area is 242 Å². The van der Waals surface area contributed by atoms with Gasteiger partial charge in [0.2, 0.25) is 0 Å². The van der Waals surface area contributed by atoms with Crippen LogP contribution in [0.5, 0.6) is 17.2 Å². The van der Waals surface area contributed by atoms with Gasteiger partial charge < -0.3 is 9.84 Å². The van der Waals surface area contributed by atoms with E-state index < -0.39 is 10.1 Å². The second kappa shape index (κ2) is 17.1. The molecule has 0 aromatic heterocycles. The van der Waals surface area contributed by atoms with Gasteiger partial charge in [-0.25, -0.2) is 0 Å². The SMILES string of the molecule is CCCCCCCCCCCCCCc1cc(Oc2ccccc2S(=O)(=O)O)ccc1[O-].[K+]. The van der Waals surface area contributed by atoms with Crippen LogP contribution in [-0.4, -0.2) is 13.0 Å². The third kappa shape index (κ3) is 12.2. The van der Waals surface area contributed by atoms with Crippen LogP contribution >= 0.6 is 0 Å². The summed E-state index contributed by atoms with van der Waals surface area (Å²) < 4.78 is 38.1. The average Bonchev–Trinajstić information content (AvgIpc) is 2.76. The molecule has 2 aromatic carbocycles. The fourth-order valence-corrected chi connectivity index (χ4v) is 4.46. The zero-order valence-electron chi connectivity index (χ0n) is 20.2. The largest absolute Gasteiger partial charge is 1.00 e. The van der Waals surface area contributed by atoms with Gasteiger partial charge in [0, 0.05) is 0 Å². The summed E-state index contributed by atoms with van der Waals surface area (Å²) >= 11 is 0. The maximum atomic E-state index is 12.2. The number of rotatable bonds is 16. The van der Waals surface area contributed by atoms with Gasteiger partial charge in [0.15, 0.2) is 0 Å². The molecule has 1 N–H and O–H groups in total. The van der Waals surface area contributed by atoms with Crippen molar-refractivity contribution in [2.75, 3.05) is 0 Å². The molecule has 178 valence electrons. The van der Waals surface area contributed by atoms with Crippen molar-refractivity contribution in [3.63, 3.8) is 0 Å². The van der Waals surface area contributed by atoms with Crippen LogP contribution in [-0.2, 0) is 16.5 Å². The molecule has 0 aliphatic rings. The van der Waals surface area contributed by atoms with Gasteiger partial charge in [-0.3, -0.25) is 4.55 Å². The van der Waals surface area contributed by atoms with Gasteiger partial charge in [-0.1, -0.05) is 101 Å². The molecule has 0 spiro atoms. The summed E-state index contributed by atoms with van der Waals surface area (Å²) in [5.74, 6) is 0.378. The van der Waals surface area contributed by atoms with Crippen molar-refractivity contribution in [2.45, 2.75) is 95.3 Å². The van der Waals surface area contributed by atoms with Gasteiger partial charge in [-0.15, -0.1) is 5.75 Å². The van der Waals surface area contributed by atoms with Gasteiger partial charge in [0.05, 0.1) is 0 Å². The zero-order valence-corrected chi connectivity index (χ0v) is 24.2. The summed E-state index contributed by atoms with van der Waals surface area (Å²) in [4.78, 5) is -0.297. The van der Waals surface area contributed by atoms with Crippen LogP contribution in [0, 0.1) is 0 Å². The monoisotopic (exact) mass is 500 g/mol. The van der Waals surface area contributed by atoms with E-state index in [-0.39, 0.29) is 67.8 Å². The average molecular weight is 501 g/mol. The van der Waals surface area contributed by atoms with E-state index in [1.165, 1.54) is 94.5 Å². The van der Waals surface area contributed by atoms with Gasteiger partial charge in [-0.2, -0.15) is 8.42 Å². The third-order valence-electron chi connectivity index (χ3n) is 5.69. The minimum absolute atomic E-state index is 0. The van der Waals surface area contributed by atoms with Gasteiger partial charge in [-0.05, 0) is 37.1 Å². The Morgan fingerprint density at radius 3 is 1.94 bits per heavy atom. The molecule has 0 unspecified atom stereocenters. The van der Waals surface area contributed by atoms with Crippen molar-refractivity contribution in [3.05, 3.63) is 48.0 Å². The normalized spacial score (nSPS) is 11.2. The Balaban J connectivity index is 0.00000544. The van der Waals surface area contributed by atoms with E-state index >= 15 is 0 Å². The first-order valence-electron chi connectivity index (χ1n) is 12.0. The maximum Gasteiger partial charge on any atom is 1.00 e. The summed E-state index contributed by atoms with van der Waals surface area (Å²) in [5, 5.41) is 12.2. The van der Waals surface area contributed by atoms with Crippen molar-refractivity contribution < 1.29 is 74.2 Å². The molecule has 2 rings (SSSR count). The molecule has 0 saturated carbocycles. The van der Waals surface area contributed by atoms with Crippen LogP contribution in [0.15, 0.2) is 47.4 Å². The standard InChI is InChI=1S/C26H38O5S.K/c1-2-3-4-5-6-7-8-9-10-11-12-13-16-22-21-23(19-20-24(22)27)31-25-17-14-15-18-26(25)32(28,29)30;/h14-15,17-21,27H,2-13,16H2,1H3,(H,28,29,30);/q;+1/p-1. The first kappa shape index (κ1) is 30.6. The first-order chi connectivity index (χ1) is 15.4. The Hall–Kier alpha value is -0.414. The van der Waals surface area contributed by atoms with Crippen LogP contribution in [0.4, 0.5) is 0 Å². The minimum atomic E-state index is -4.39. The van der Waals surface area contributed by atoms with Crippen molar-refractivity contribution in [3.8, 4) is 17.2 Å². The van der Waals surface area contributed by atoms with E-state index in [0.717, 1.165) is 12.8 Å². The molecular formula is C26H37KO5S. The Morgan fingerprint density at radius 2 is 1.36 bits per heavy atom. The zero-order chi connectivity index (χ0) is 23.2. The molecule has 0 fully saturated rings. The molecular weight excluding hydrogens is 463 g/mol. The second-order valence-corrected chi connectivity index (χ2v) is 9.82. The number of ether oxygens (including phenoxy) is 1. The van der Waals surface area contributed by atoms with Crippen LogP contribution in [0.2, 0.25) is 0 Å². The molecule has 7 heteroatoms. The molecule has 0 radical (unpaired) electrons. The predicted molar refractivity (Wildman–Crippen MR) is 127 cm³/mol. The molecule has 0 aliphatic heterocycles. The van der Waals surface area contributed by atoms with Crippen LogP contribution in [0.3, 0.4) is 0 Å². The van der Waals surface area contributed by atoms with E-state index in [2.05, 4.69) is 6.92 Å². The number of hydrogen-bond acceptors (Lipinski definition) is 4. The molecule has 33 heavy (non-hydrogen) atoms.